The van der Waals surface area contributed by atoms with E-state index >= 15 is 0 Å². The Balaban J connectivity index is 2.68. The van der Waals surface area contributed by atoms with E-state index in [0.29, 0.717) is 0 Å². The average Bonchev–Trinajstić information content (AvgIpc) is 1.97. The number of hydrogen-bond acceptors (Lipinski definition) is 5. The van der Waals surface area contributed by atoms with E-state index in [-0.39, 0.29) is 16.6 Å². The molecule has 0 saturated heterocycles. The van der Waals surface area contributed by atoms with Gasteiger partial charge in [0.25, 0.3) is 0 Å². The predicted octanol–water partition coefficient (Wildman–Crippen LogP) is 2.29. The van der Waals surface area contributed by atoms with Gasteiger partial charge in [0.2, 0.25) is 10.6 Å². The first-order chi connectivity index (χ1) is 6.37. The Kier molecular flexibility index (Phi) is 3.47. The van der Waals surface area contributed by atoms with E-state index in [1.807, 2.05) is 20.8 Å². The molecule has 0 bridgehead atoms. The third kappa shape index (κ3) is 4.04. The monoisotopic (exact) mass is 237 g/mol. The molecule has 0 fully saturated rings. The molecule has 1 aromatic rings. The molecule has 78 valence electrons. The largest absolute Gasteiger partial charge is 0.358 e. The smallest absolute Gasteiger partial charge is 0.294 e. The summed E-state index contributed by atoms with van der Waals surface area (Å²) in [6, 6.07) is -0.0649. The highest BCUT2D eigenvalue weighted by Crippen LogP contribution is 2.14. The van der Waals surface area contributed by atoms with Crippen molar-refractivity contribution < 1.29 is 9.78 Å². The van der Waals surface area contributed by atoms with Crippen molar-refractivity contribution in [3.63, 3.8) is 0 Å². The molecule has 14 heavy (non-hydrogen) atoms. The molecule has 0 aliphatic heterocycles. The van der Waals surface area contributed by atoms with Gasteiger partial charge in [0, 0.05) is 0 Å². The average molecular weight is 238 g/mol. The van der Waals surface area contributed by atoms with E-state index in [1.165, 1.54) is 0 Å². The minimum atomic E-state index is -0.467. The molecule has 0 radical (unpaired) electrons. The summed E-state index contributed by atoms with van der Waals surface area (Å²) >= 11 is 11.0. The number of halogens is 2. The topological polar surface area (TPSA) is 57.1 Å². The fourth-order valence-corrected chi connectivity index (χ4v) is 0.856. The van der Waals surface area contributed by atoms with Crippen LogP contribution < -0.4 is 4.89 Å². The van der Waals surface area contributed by atoms with Gasteiger partial charge in [-0.15, -0.1) is 0 Å². The lowest BCUT2D eigenvalue weighted by Gasteiger charge is -2.16. The summed E-state index contributed by atoms with van der Waals surface area (Å²) in [4.78, 5) is 20.6. The fraction of sp³-hybridized carbons (Fsp3) is 0.571. The second-order valence-electron chi connectivity index (χ2n) is 3.44. The van der Waals surface area contributed by atoms with Crippen LogP contribution in [-0.2, 0) is 4.89 Å². The van der Waals surface area contributed by atoms with Gasteiger partial charge in [-0.2, -0.15) is 19.8 Å². The van der Waals surface area contributed by atoms with Crippen LogP contribution in [0.15, 0.2) is 0 Å². The second-order valence-corrected chi connectivity index (χ2v) is 4.11. The van der Waals surface area contributed by atoms with Crippen molar-refractivity contribution in [1.29, 1.82) is 0 Å². The summed E-state index contributed by atoms with van der Waals surface area (Å²) < 4.78 is 0. The van der Waals surface area contributed by atoms with Gasteiger partial charge in [-0.25, -0.2) is 0 Å². The Morgan fingerprint density at radius 3 is 1.93 bits per heavy atom. The molecular formula is C7H9Cl2N3O2. The van der Waals surface area contributed by atoms with Crippen molar-refractivity contribution in [2.45, 2.75) is 26.4 Å². The minimum absolute atomic E-state index is 0.0440. The number of rotatable bonds is 2. The molecule has 0 N–H and O–H groups in total. The zero-order valence-corrected chi connectivity index (χ0v) is 9.43. The van der Waals surface area contributed by atoms with Gasteiger partial charge in [0.05, 0.1) is 0 Å². The van der Waals surface area contributed by atoms with E-state index in [9.17, 15) is 0 Å². The van der Waals surface area contributed by atoms with Crippen molar-refractivity contribution >= 4 is 23.2 Å². The highest BCUT2D eigenvalue weighted by molar-refractivity contribution is 6.31. The maximum absolute atomic E-state index is 5.52. The molecule has 5 nitrogen and oxygen atoms in total. The van der Waals surface area contributed by atoms with Gasteiger partial charge in [-0.3, -0.25) is 4.89 Å². The zero-order chi connectivity index (χ0) is 10.8. The molecule has 1 heterocycles. The Bertz CT molecular complexity index is 307. The molecule has 0 saturated carbocycles. The summed E-state index contributed by atoms with van der Waals surface area (Å²) in [5.41, 5.74) is -0.467. The van der Waals surface area contributed by atoms with Gasteiger partial charge in [-0.05, 0) is 44.0 Å². The highest BCUT2D eigenvalue weighted by atomic mass is 35.5. The van der Waals surface area contributed by atoms with Gasteiger partial charge in [0.1, 0.15) is 5.60 Å². The summed E-state index contributed by atoms with van der Waals surface area (Å²) in [5.74, 6) is 0. The van der Waals surface area contributed by atoms with Crippen molar-refractivity contribution in [2.24, 2.45) is 0 Å². The van der Waals surface area contributed by atoms with E-state index in [0.717, 1.165) is 0 Å². The molecule has 0 spiro atoms. The highest BCUT2D eigenvalue weighted by Gasteiger charge is 2.14. The molecule has 0 aromatic carbocycles. The SMILES string of the molecule is CC(C)(C)OOc1nc(Cl)nc(Cl)n1. The number of nitrogens with zero attached hydrogens (tertiary/aromatic N) is 3. The Morgan fingerprint density at radius 1 is 1.00 bits per heavy atom. The van der Waals surface area contributed by atoms with Crippen LogP contribution in [-0.4, -0.2) is 20.6 Å². The summed E-state index contributed by atoms with van der Waals surface area (Å²) in [6.07, 6.45) is 0. The lowest BCUT2D eigenvalue weighted by atomic mass is 10.2. The van der Waals surface area contributed by atoms with Crippen LogP contribution in [0.25, 0.3) is 0 Å². The van der Waals surface area contributed by atoms with Gasteiger partial charge in [0.15, 0.2) is 0 Å². The van der Waals surface area contributed by atoms with E-state index in [1.54, 1.807) is 0 Å². The van der Waals surface area contributed by atoms with E-state index in [4.69, 9.17) is 33.0 Å². The molecule has 7 heteroatoms. The molecule has 1 aromatic heterocycles. The van der Waals surface area contributed by atoms with E-state index < -0.39 is 5.60 Å². The molecule has 0 unspecified atom stereocenters. The van der Waals surface area contributed by atoms with Gasteiger partial charge < -0.3 is 0 Å². The Hall–Kier alpha value is -0.650. The minimum Gasteiger partial charge on any atom is -0.294 e. The fourth-order valence-electron chi connectivity index (χ4n) is 0.509. The second kappa shape index (κ2) is 4.25. The van der Waals surface area contributed by atoms with Crippen LogP contribution in [0.1, 0.15) is 20.8 Å². The summed E-state index contributed by atoms with van der Waals surface area (Å²) in [5, 5.41) is -0.0879. The van der Waals surface area contributed by atoms with Crippen molar-refractivity contribution in [3.05, 3.63) is 10.6 Å². The maximum atomic E-state index is 5.52. The standard InChI is InChI=1S/C7H9Cl2N3O2/c1-7(2,3)14-13-6-11-4(8)10-5(9)12-6/h1-3H3. The molecule has 0 aliphatic rings. The Morgan fingerprint density at radius 2 is 1.50 bits per heavy atom. The lowest BCUT2D eigenvalue weighted by molar-refractivity contribution is -0.279. The van der Waals surface area contributed by atoms with Crippen LogP contribution in [0.2, 0.25) is 10.6 Å². The first kappa shape index (κ1) is 11.4. The molecule has 0 amide bonds. The molecule has 0 atom stereocenters. The summed E-state index contributed by atoms with van der Waals surface area (Å²) in [7, 11) is 0. The van der Waals surface area contributed by atoms with Crippen molar-refractivity contribution in [1.82, 2.24) is 15.0 Å². The van der Waals surface area contributed by atoms with Gasteiger partial charge >= 0.3 is 6.01 Å². The van der Waals surface area contributed by atoms with Crippen LogP contribution in [0, 0.1) is 0 Å². The van der Waals surface area contributed by atoms with Crippen LogP contribution in [0.3, 0.4) is 0 Å². The van der Waals surface area contributed by atoms with Crippen LogP contribution in [0.5, 0.6) is 6.01 Å². The molecule has 0 aliphatic carbocycles. The predicted molar refractivity (Wildman–Crippen MR) is 51.3 cm³/mol. The molecular weight excluding hydrogens is 229 g/mol. The van der Waals surface area contributed by atoms with Crippen LogP contribution >= 0.6 is 23.2 Å². The van der Waals surface area contributed by atoms with Crippen molar-refractivity contribution in [2.75, 3.05) is 0 Å². The quantitative estimate of drug-likeness (QED) is 0.584. The zero-order valence-electron chi connectivity index (χ0n) is 7.91. The van der Waals surface area contributed by atoms with Crippen molar-refractivity contribution in [3.8, 4) is 6.01 Å². The first-order valence-electron chi connectivity index (χ1n) is 3.79. The van der Waals surface area contributed by atoms with Crippen LogP contribution in [0.4, 0.5) is 0 Å². The van der Waals surface area contributed by atoms with Gasteiger partial charge in [-0.1, -0.05) is 0 Å². The maximum Gasteiger partial charge on any atom is 0.358 e. The van der Waals surface area contributed by atoms with E-state index in [2.05, 4.69) is 15.0 Å². The Labute approximate surface area is 91.3 Å². The lowest BCUT2D eigenvalue weighted by Crippen LogP contribution is -2.22. The summed E-state index contributed by atoms with van der Waals surface area (Å²) in [6.45, 7) is 5.45. The molecule has 1 rings (SSSR count). The normalized spacial score (nSPS) is 11.5. The number of hydrogen-bond donors (Lipinski definition) is 0. The third-order valence-electron chi connectivity index (χ3n) is 0.927. The first-order valence-corrected chi connectivity index (χ1v) is 4.55. The number of aromatic nitrogens is 3. The third-order valence-corrected chi connectivity index (χ3v) is 1.26.